The molecular weight excluding hydrogens is 338 g/mol. The van der Waals surface area contributed by atoms with E-state index in [1.165, 1.54) is 0 Å². The van der Waals surface area contributed by atoms with Crippen molar-refractivity contribution in [3.8, 4) is 5.69 Å². The molecule has 0 unspecified atom stereocenters. The van der Waals surface area contributed by atoms with E-state index in [0.717, 1.165) is 28.1 Å². The molecule has 0 aliphatic heterocycles. The Balaban J connectivity index is 1.41. The molecule has 4 rings (SSSR count). The second kappa shape index (κ2) is 7.45. The summed E-state index contributed by atoms with van der Waals surface area (Å²) in [6.45, 7) is 0.537. The third-order valence-electron chi connectivity index (χ3n) is 4.59. The van der Waals surface area contributed by atoms with Crippen molar-refractivity contribution in [1.82, 2.24) is 24.6 Å². The second-order valence-corrected chi connectivity index (χ2v) is 6.53. The minimum Gasteiger partial charge on any atom is -0.342 e. The summed E-state index contributed by atoms with van der Waals surface area (Å²) in [5.41, 5.74) is 3.98. The molecule has 0 radical (unpaired) electrons. The first-order valence-corrected chi connectivity index (χ1v) is 8.96. The number of aryl methyl sites for hydroxylation is 1. The number of benzene rings is 2. The first-order valence-electron chi connectivity index (χ1n) is 8.96. The van der Waals surface area contributed by atoms with Gasteiger partial charge in [-0.15, -0.1) is 0 Å². The number of nitrogens with one attached hydrogen (secondary N) is 1. The van der Waals surface area contributed by atoms with E-state index < -0.39 is 0 Å². The van der Waals surface area contributed by atoms with Crippen molar-refractivity contribution in [1.29, 1.82) is 0 Å². The number of carbonyl (C=O) groups is 1. The Hall–Kier alpha value is -3.41. The molecule has 2 aromatic carbocycles. The quantitative estimate of drug-likeness (QED) is 0.574. The molecule has 0 spiro atoms. The molecule has 0 aliphatic carbocycles. The van der Waals surface area contributed by atoms with Crippen molar-refractivity contribution in [2.24, 2.45) is 0 Å². The van der Waals surface area contributed by atoms with Gasteiger partial charge in [0.2, 0.25) is 5.91 Å². The van der Waals surface area contributed by atoms with Crippen LogP contribution in [-0.4, -0.2) is 37.6 Å². The monoisotopic (exact) mass is 359 g/mol. The van der Waals surface area contributed by atoms with Crippen molar-refractivity contribution >= 4 is 16.9 Å². The molecular formula is C21H21N5O. The lowest BCUT2D eigenvalue weighted by atomic mass is 10.1. The maximum Gasteiger partial charge on any atom is 0.223 e. The summed E-state index contributed by atoms with van der Waals surface area (Å²) in [5, 5.41) is 4.30. The minimum atomic E-state index is 0.0886. The van der Waals surface area contributed by atoms with E-state index in [0.29, 0.717) is 19.4 Å². The van der Waals surface area contributed by atoms with Crippen molar-refractivity contribution in [3.63, 3.8) is 0 Å². The first kappa shape index (κ1) is 17.0. The van der Waals surface area contributed by atoms with Crippen molar-refractivity contribution < 1.29 is 4.79 Å². The maximum absolute atomic E-state index is 12.6. The van der Waals surface area contributed by atoms with Crippen LogP contribution in [0.4, 0.5) is 0 Å². The lowest BCUT2D eigenvalue weighted by Crippen LogP contribution is -2.27. The summed E-state index contributed by atoms with van der Waals surface area (Å²) in [6, 6.07) is 17.8. The second-order valence-electron chi connectivity index (χ2n) is 6.53. The SMILES string of the molecule is CN(Cc1ccccc1-n1cccn1)C(=O)CCc1nc2ccccc2[nH]1. The van der Waals surface area contributed by atoms with E-state index in [-0.39, 0.29) is 5.91 Å². The Morgan fingerprint density at radius 1 is 1.11 bits per heavy atom. The van der Waals surface area contributed by atoms with Gasteiger partial charge in [0.05, 0.1) is 16.7 Å². The molecule has 2 heterocycles. The van der Waals surface area contributed by atoms with Crippen LogP contribution in [0.3, 0.4) is 0 Å². The van der Waals surface area contributed by atoms with E-state index in [9.17, 15) is 4.79 Å². The highest BCUT2D eigenvalue weighted by molar-refractivity contribution is 5.77. The lowest BCUT2D eigenvalue weighted by Gasteiger charge is -2.19. The fourth-order valence-corrected chi connectivity index (χ4v) is 3.16. The maximum atomic E-state index is 12.6. The van der Waals surface area contributed by atoms with E-state index in [4.69, 9.17) is 0 Å². The number of hydrogen-bond donors (Lipinski definition) is 1. The molecule has 4 aromatic rings. The summed E-state index contributed by atoms with van der Waals surface area (Å²) in [7, 11) is 1.83. The number of rotatable bonds is 6. The number of nitrogens with zero attached hydrogens (tertiary/aromatic N) is 4. The van der Waals surface area contributed by atoms with Crippen LogP contribution in [-0.2, 0) is 17.8 Å². The number of amides is 1. The van der Waals surface area contributed by atoms with Crippen molar-refractivity contribution in [2.45, 2.75) is 19.4 Å². The third-order valence-corrected chi connectivity index (χ3v) is 4.59. The molecule has 0 atom stereocenters. The number of aromatic nitrogens is 4. The Kier molecular flexibility index (Phi) is 4.70. The highest BCUT2D eigenvalue weighted by Crippen LogP contribution is 2.16. The van der Waals surface area contributed by atoms with Crippen molar-refractivity contribution in [2.75, 3.05) is 7.05 Å². The van der Waals surface area contributed by atoms with Gasteiger partial charge in [-0.25, -0.2) is 9.67 Å². The molecule has 6 heteroatoms. The molecule has 2 aromatic heterocycles. The normalized spacial score (nSPS) is 11.0. The Morgan fingerprint density at radius 2 is 1.93 bits per heavy atom. The Morgan fingerprint density at radius 3 is 2.74 bits per heavy atom. The summed E-state index contributed by atoms with van der Waals surface area (Å²) in [4.78, 5) is 22.2. The third kappa shape index (κ3) is 3.74. The van der Waals surface area contributed by atoms with E-state index in [2.05, 4.69) is 15.1 Å². The Bertz CT molecular complexity index is 1020. The van der Waals surface area contributed by atoms with Gasteiger partial charge in [0.1, 0.15) is 5.82 Å². The summed E-state index contributed by atoms with van der Waals surface area (Å²) in [6.07, 6.45) is 4.67. The smallest absolute Gasteiger partial charge is 0.223 e. The van der Waals surface area contributed by atoms with Crippen LogP contribution in [0.25, 0.3) is 16.7 Å². The molecule has 6 nitrogen and oxygen atoms in total. The van der Waals surface area contributed by atoms with Crippen LogP contribution in [0.5, 0.6) is 0 Å². The van der Waals surface area contributed by atoms with E-state index >= 15 is 0 Å². The average molecular weight is 359 g/mol. The zero-order valence-corrected chi connectivity index (χ0v) is 15.2. The molecule has 0 fully saturated rings. The highest BCUT2D eigenvalue weighted by Gasteiger charge is 2.13. The van der Waals surface area contributed by atoms with Crippen LogP contribution in [0.15, 0.2) is 67.0 Å². The molecule has 136 valence electrons. The van der Waals surface area contributed by atoms with Gasteiger partial charge in [0.25, 0.3) is 0 Å². The number of para-hydroxylation sites is 3. The number of carbonyl (C=O) groups excluding carboxylic acids is 1. The summed E-state index contributed by atoms with van der Waals surface area (Å²) in [5.74, 6) is 0.931. The fraction of sp³-hybridized carbons (Fsp3) is 0.190. The van der Waals surface area contributed by atoms with E-state index in [1.54, 1.807) is 11.1 Å². The van der Waals surface area contributed by atoms with Crippen LogP contribution in [0, 0.1) is 0 Å². The van der Waals surface area contributed by atoms with Crippen LogP contribution >= 0.6 is 0 Å². The molecule has 0 saturated carbocycles. The highest BCUT2D eigenvalue weighted by atomic mass is 16.2. The number of fused-ring (bicyclic) bond motifs is 1. The van der Waals surface area contributed by atoms with E-state index in [1.807, 2.05) is 72.5 Å². The molecule has 0 saturated heterocycles. The van der Waals surface area contributed by atoms with Gasteiger partial charge in [-0.1, -0.05) is 30.3 Å². The molecule has 0 bridgehead atoms. The summed E-state index contributed by atoms with van der Waals surface area (Å²) >= 11 is 0. The number of aromatic amines is 1. The van der Waals surface area contributed by atoms with Crippen LogP contribution in [0.1, 0.15) is 17.8 Å². The number of hydrogen-bond acceptors (Lipinski definition) is 3. The fourth-order valence-electron chi connectivity index (χ4n) is 3.16. The zero-order valence-electron chi connectivity index (χ0n) is 15.2. The van der Waals surface area contributed by atoms with Gasteiger partial charge in [-0.05, 0) is 29.8 Å². The number of imidazole rings is 1. The lowest BCUT2D eigenvalue weighted by molar-refractivity contribution is -0.130. The van der Waals surface area contributed by atoms with Gasteiger partial charge < -0.3 is 9.88 Å². The standard InChI is InChI=1S/C21H21N5O/c1-25(15-16-7-2-5-10-19(16)26-14-6-13-22-26)21(27)12-11-20-23-17-8-3-4-9-18(17)24-20/h2-10,13-14H,11-12,15H2,1H3,(H,23,24). The van der Waals surface area contributed by atoms with Gasteiger partial charge in [0.15, 0.2) is 0 Å². The molecule has 0 aliphatic rings. The van der Waals surface area contributed by atoms with Gasteiger partial charge >= 0.3 is 0 Å². The average Bonchev–Trinajstić information content (AvgIpc) is 3.36. The predicted octanol–water partition coefficient (Wildman–Crippen LogP) is 3.34. The topological polar surface area (TPSA) is 66.8 Å². The minimum absolute atomic E-state index is 0.0886. The predicted molar refractivity (Wildman–Crippen MR) is 104 cm³/mol. The molecule has 1 N–H and O–H groups in total. The Labute approximate surface area is 157 Å². The largest absolute Gasteiger partial charge is 0.342 e. The van der Waals surface area contributed by atoms with Gasteiger partial charge in [0, 0.05) is 38.8 Å². The van der Waals surface area contributed by atoms with Crippen molar-refractivity contribution in [3.05, 3.63) is 78.4 Å². The van der Waals surface area contributed by atoms with Crippen LogP contribution < -0.4 is 0 Å². The first-order chi connectivity index (χ1) is 13.2. The van der Waals surface area contributed by atoms with Gasteiger partial charge in [-0.2, -0.15) is 5.10 Å². The van der Waals surface area contributed by atoms with Crippen LogP contribution in [0.2, 0.25) is 0 Å². The van der Waals surface area contributed by atoms with Gasteiger partial charge in [-0.3, -0.25) is 4.79 Å². The molecule has 27 heavy (non-hydrogen) atoms. The zero-order chi connectivity index (χ0) is 18.6. The molecule has 1 amide bonds. The summed E-state index contributed by atoms with van der Waals surface area (Å²) < 4.78 is 1.82. The number of H-pyrrole nitrogens is 1.